The van der Waals surface area contributed by atoms with Crippen LogP contribution in [0, 0.1) is 16.5 Å². The van der Waals surface area contributed by atoms with Gasteiger partial charge in [-0.25, -0.2) is 0 Å². The minimum absolute atomic E-state index is 0.136. The quantitative estimate of drug-likeness (QED) is 0.169. The molecule has 0 atom stereocenters. The van der Waals surface area contributed by atoms with Crippen LogP contribution in [0.2, 0.25) is 19.6 Å². The lowest BCUT2D eigenvalue weighted by Crippen LogP contribution is -2.43. The number of carbonyl (C=O) groups is 2. The highest BCUT2D eigenvalue weighted by Crippen LogP contribution is 2.27. The average molecular weight is 333 g/mol. The van der Waals surface area contributed by atoms with Gasteiger partial charge in [0.2, 0.25) is 6.21 Å². The first kappa shape index (κ1) is 20.4. The van der Waals surface area contributed by atoms with E-state index in [-0.39, 0.29) is 13.2 Å². The van der Waals surface area contributed by atoms with Crippen molar-refractivity contribution in [3.63, 3.8) is 0 Å². The molecule has 0 aromatic rings. The monoisotopic (exact) mass is 333 g/mol. The zero-order valence-electron chi connectivity index (χ0n) is 14.5. The highest BCUT2D eigenvalue weighted by molar-refractivity contribution is 6.69. The topological polar surface area (TPSA) is 87.9 Å². The SMILES string of the molecule is CCOC(=O)C(C(=O)OCC)C(C)(C)/C=[N+](/[O-])O[Si](C)(C)C. The molecule has 0 aromatic heterocycles. The van der Waals surface area contributed by atoms with Gasteiger partial charge in [-0.3, -0.25) is 14.8 Å². The maximum atomic E-state index is 12.1. The minimum atomic E-state index is -2.09. The fourth-order valence-corrected chi connectivity index (χ4v) is 2.39. The maximum absolute atomic E-state index is 12.1. The molecular weight excluding hydrogens is 306 g/mol. The van der Waals surface area contributed by atoms with Crippen LogP contribution in [0.15, 0.2) is 0 Å². The molecule has 0 saturated heterocycles. The zero-order valence-corrected chi connectivity index (χ0v) is 15.5. The van der Waals surface area contributed by atoms with Gasteiger partial charge in [-0.1, -0.05) is 19.6 Å². The van der Waals surface area contributed by atoms with E-state index in [0.29, 0.717) is 4.90 Å². The van der Waals surface area contributed by atoms with E-state index in [9.17, 15) is 14.8 Å². The van der Waals surface area contributed by atoms with Gasteiger partial charge in [0.1, 0.15) is 0 Å². The molecule has 0 aliphatic rings. The summed E-state index contributed by atoms with van der Waals surface area (Å²) >= 11 is 0. The van der Waals surface area contributed by atoms with Crippen LogP contribution in [0.1, 0.15) is 27.7 Å². The summed E-state index contributed by atoms with van der Waals surface area (Å²) in [5.41, 5.74) is -1.11. The second-order valence-corrected chi connectivity index (χ2v) is 10.8. The van der Waals surface area contributed by atoms with Gasteiger partial charge in [0, 0.05) is 4.90 Å². The molecule has 128 valence electrons. The molecule has 0 heterocycles. The number of carbonyl (C=O) groups excluding carboxylic acids is 2. The Kier molecular flexibility index (Phi) is 7.58. The molecule has 0 N–H and O–H groups in total. The van der Waals surface area contributed by atoms with Crippen molar-refractivity contribution >= 4 is 26.5 Å². The van der Waals surface area contributed by atoms with Crippen molar-refractivity contribution < 1.29 is 28.5 Å². The van der Waals surface area contributed by atoms with Gasteiger partial charge < -0.3 is 14.0 Å². The van der Waals surface area contributed by atoms with E-state index in [4.69, 9.17) is 14.0 Å². The van der Waals surface area contributed by atoms with Crippen LogP contribution in [0.3, 0.4) is 0 Å². The van der Waals surface area contributed by atoms with Crippen molar-refractivity contribution in [1.82, 2.24) is 0 Å². The van der Waals surface area contributed by atoms with E-state index in [0.717, 1.165) is 0 Å². The first-order valence-electron chi connectivity index (χ1n) is 7.29. The van der Waals surface area contributed by atoms with Crippen LogP contribution in [0.25, 0.3) is 0 Å². The number of esters is 2. The Morgan fingerprint density at radius 1 is 1.14 bits per heavy atom. The molecule has 7 nitrogen and oxygen atoms in total. The van der Waals surface area contributed by atoms with Gasteiger partial charge in [0.05, 0.1) is 18.6 Å². The lowest BCUT2D eigenvalue weighted by atomic mass is 9.80. The standard InChI is InChI=1S/C14H27NO6Si/c1-8-19-12(16)11(13(17)20-9-2)14(3,4)10-15(18)21-22(5,6)7/h10-11H,8-9H2,1-7H3/b15-10-. The highest BCUT2D eigenvalue weighted by atomic mass is 28.4. The third-order valence-electron chi connectivity index (χ3n) is 2.59. The number of hydrogen-bond donors (Lipinski definition) is 0. The van der Waals surface area contributed by atoms with E-state index in [2.05, 4.69) is 0 Å². The van der Waals surface area contributed by atoms with Crippen LogP contribution in [0.4, 0.5) is 0 Å². The van der Waals surface area contributed by atoms with Crippen LogP contribution in [-0.2, 0) is 23.6 Å². The lowest BCUT2D eigenvalue weighted by molar-refractivity contribution is -0.702. The molecule has 0 unspecified atom stereocenters. The van der Waals surface area contributed by atoms with E-state index in [1.807, 2.05) is 19.6 Å². The van der Waals surface area contributed by atoms with Gasteiger partial charge in [0.15, 0.2) is 14.2 Å². The number of hydrogen-bond acceptors (Lipinski definition) is 6. The van der Waals surface area contributed by atoms with Crippen molar-refractivity contribution in [1.29, 1.82) is 0 Å². The average Bonchev–Trinajstić information content (AvgIpc) is 2.24. The van der Waals surface area contributed by atoms with Crippen molar-refractivity contribution in [3.05, 3.63) is 5.21 Å². The van der Waals surface area contributed by atoms with Crippen LogP contribution in [0.5, 0.6) is 0 Å². The molecule has 0 spiro atoms. The molecular formula is C14H27NO6Si. The Labute approximate surface area is 132 Å². The fourth-order valence-electron chi connectivity index (χ4n) is 1.80. The number of rotatable bonds is 8. The summed E-state index contributed by atoms with van der Waals surface area (Å²) in [6.07, 6.45) is 1.17. The van der Waals surface area contributed by atoms with Crippen molar-refractivity contribution in [2.45, 2.75) is 47.3 Å². The summed E-state index contributed by atoms with van der Waals surface area (Å²) in [4.78, 5) is 24.5. The molecule has 0 aromatic carbocycles. The van der Waals surface area contributed by atoms with Gasteiger partial charge in [-0.15, -0.1) is 0 Å². The molecule has 0 saturated carbocycles. The predicted molar refractivity (Wildman–Crippen MR) is 84.7 cm³/mol. The summed E-state index contributed by atoms with van der Waals surface area (Å²) in [6.45, 7) is 12.3. The summed E-state index contributed by atoms with van der Waals surface area (Å²) < 4.78 is 15.1. The van der Waals surface area contributed by atoms with E-state index >= 15 is 0 Å². The van der Waals surface area contributed by atoms with Crippen LogP contribution in [-0.4, -0.2) is 44.6 Å². The minimum Gasteiger partial charge on any atom is -0.465 e. The highest BCUT2D eigenvalue weighted by Gasteiger charge is 2.45. The van der Waals surface area contributed by atoms with Crippen molar-refractivity contribution in [2.75, 3.05) is 13.2 Å². The zero-order chi connectivity index (χ0) is 17.6. The molecule has 8 heteroatoms. The third kappa shape index (κ3) is 6.93. The molecule has 0 radical (unpaired) electrons. The van der Waals surface area contributed by atoms with Gasteiger partial charge in [-0.2, -0.15) is 0 Å². The normalized spacial score (nSPS) is 13.0. The Morgan fingerprint density at radius 2 is 1.55 bits per heavy atom. The predicted octanol–water partition coefficient (Wildman–Crippen LogP) is 2.10. The molecule has 0 bridgehead atoms. The van der Waals surface area contributed by atoms with E-state index in [1.165, 1.54) is 6.21 Å². The largest absolute Gasteiger partial charge is 0.465 e. The summed E-state index contributed by atoms with van der Waals surface area (Å²) in [6, 6.07) is 0. The first-order valence-corrected chi connectivity index (χ1v) is 10.7. The van der Waals surface area contributed by atoms with Crippen molar-refractivity contribution in [3.8, 4) is 0 Å². The van der Waals surface area contributed by atoms with Gasteiger partial charge >= 0.3 is 11.9 Å². The second kappa shape index (κ2) is 8.16. The number of nitrogens with zero attached hydrogens (tertiary/aromatic N) is 1. The third-order valence-corrected chi connectivity index (χ3v) is 3.32. The van der Waals surface area contributed by atoms with E-state index < -0.39 is 31.6 Å². The molecule has 0 amide bonds. The molecule has 0 aliphatic carbocycles. The first-order chi connectivity index (χ1) is 9.94. The maximum Gasteiger partial charge on any atom is 0.321 e. The van der Waals surface area contributed by atoms with Crippen molar-refractivity contribution in [2.24, 2.45) is 11.3 Å². The van der Waals surface area contributed by atoms with Gasteiger partial charge in [-0.05, 0) is 27.7 Å². The Morgan fingerprint density at radius 3 is 1.86 bits per heavy atom. The fraction of sp³-hybridized carbons (Fsp3) is 0.786. The Bertz CT molecular complexity index is 410. The summed E-state index contributed by atoms with van der Waals surface area (Å²) in [5.74, 6) is -2.67. The van der Waals surface area contributed by atoms with Crippen LogP contribution >= 0.6 is 0 Å². The molecule has 0 aliphatic heterocycles. The Hall–Kier alpha value is -1.57. The molecule has 22 heavy (non-hydrogen) atoms. The van der Waals surface area contributed by atoms with Crippen LogP contribution < -0.4 is 0 Å². The molecule has 0 rings (SSSR count). The van der Waals surface area contributed by atoms with E-state index in [1.54, 1.807) is 27.7 Å². The summed E-state index contributed by atoms with van der Waals surface area (Å²) in [7, 11) is -2.09. The summed E-state index contributed by atoms with van der Waals surface area (Å²) in [5, 5.41) is 11.9. The second-order valence-electron chi connectivity index (χ2n) is 6.38. The Balaban J connectivity index is 5.45. The smallest absolute Gasteiger partial charge is 0.321 e. The lowest BCUT2D eigenvalue weighted by Gasteiger charge is -2.26. The molecule has 0 fully saturated rings. The van der Waals surface area contributed by atoms with Gasteiger partial charge in [0.25, 0.3) is 0 Å². The number of ether oxygens (including phenoxy) is 2.